The Morgan fingerprint density at radius 2 is 2.17 bits per heavy atom. The van der Waals surface area contributed by atoms with E-state index in [4.69, 9.17) is 16.3 Å². The van der Waals surface area contributed by atoms with Crippen molar-refractivity contribution in [3.63, 3.8) is 0 Å². The third-order valence-corrected chi connectivity index (χ3v) is 5.75. The molecule has 0 bridgehead atoms. The third kappa shape index (κ3) is 5.16. The van der Waals surface area contributed by atoms with Gasteiger partial charge in [-0.05, 0) is 36.4 Å². The Hall–Kier alpha value is -2.49. The molecule has 1 amide bonds. The van der Waals surface area contributed by atoms with Crippen molar-refractivity contribution in [3.05, 3.63) is 58.5 Å². The van der Waals surface area contributed by atoms with Crippen molar-refractivity contribution in [1.82, 2.24) is 14.8 Å². The summed E-state index contributed by atoms with van der Waals surface area (Å²) in [4.78, 5) is 12.4. The molecule has 0 saturated heterocycles. The zero-order chi connectivity index (χ0) is 21.7. The molecule has 0 aliphatic rings. The molecular formula is C20H18BrClN4O3S. The lowest BCUT2D eigenvalue weighted by atomic mass is 10.2. The van der Waals surface area contributed by atoms with Gasteiger partial charge in [-0.15, -0.1) is 16.8 Å². The quantitative estimate of drug-likeness (QED) is 0.328. The molecule has 30 heavy (non-hydrogen) atoms. The molecular weight excluding hydrogens is 492 g/mol. The number of ether oxygens (including phenoxy) is 1. The first-order valence-corrected chi connectivity index (χ1v) is 10.9. The fourth-order valence-electron chi connectivity index (χ4n) is 2.65. The zero-order valence-electron chi connectivity index (χ0n) is 15.9. The number of phenolic OH excluding ortho intramolecular Hbond substituents is 1. The van der Waals surface area contributed by atoms with E-state index in [-0.39, 0.29) is 17.4 Å². The molecule has 10 heteroatoms. The highest BCUT2D eigenvalue weighted by Gasteiger charge is 2.18. The average molecular weight is 510 g/mol. The molecule has 156 valence electrons. The van der Waals surface area contributed by atoms with Crippen LogP contribution in [0.15, 0.2) is 58.7 Å². The minimum absolute atomic E-state index is 0.0848. The van der Waals surface area contributed by atoms with Crippen LogP contribution in [0.25, 0.3) is 11.4 Å². The smallest absolute Gasteiger partial charge is 0.234 e. The monoisotopic (exact) mass is 508 g/mol. The van der Waals surface area contributed by atoms with Crippen molar-refractivity contribution in [2.75, 3.05) is 18.2 Å². The number of benzene rings is 2. The molecule has 0 unspecified atom stereocenters. The van der Waals surface area contributed by atoms with E-state index >= 15 is 0 Å². The number of carbonyl (C=O) groups is 1. The molecule has 0 radical (unpaired) electrons. The summed E-state index contributed by atoms with van der Waals surface area (Å²) in [5, 5.41) is 22.3. The van der Waals surface area contributed by atoms with Crippen molar-refractivity contribution in [2.45, 2.75) is 11.7 Å². The number of methoxy groups -OCH3 is 1. The molecule has 3 rings (SSSR count). The molecule has 2 aromatic carbocycles. The van der Waals surface area contributed by atoms with E-state index < -0.39 is 0 Å². The normalized spacial score (nSPS) is 10.6. The Morgan fingerprint density at radius 3 is 2.87 bits per heavy atom. The van der Waals surface area contributed by atoms with E-state index in [0.29, 0.717) is 39.5 Å². The molecule has 1 heterocycles. The minimum atomic E-state index is -0.221. The molecule has 0 aliphatic heterocycles. The van der Waals surface area contributed by atoms with Gasteiger partial charge in [0.05, 0.1) is 23.4 Å². The van der Waals surface area contributed by atoms with Crippen LogP contribution < -0.4 is 10.1 Å². The van der Waals surface area contributed by atoms with E-state index in [0.717, 1.165) is 4.47 Å². The van der Waals surface area contributed by atoms with Gasteiger partial charge in [0.1, 0.15) is 11.5 Å². The van der Waals surface area contributed by atoms with Crippen molar-refractivity contribution in [2.24, 2.45) is 0 Å². The fraction of sp³-hybridized carbons (Fsp3) is 0.150. The number of nitrogens with zero attached hydrogens (tertiary/aromatic N) is 3. The van der Waals surface area contributed by atoms with Crippen LogP contribution in [-0.4, -0.2) is 38.6 Å². The van der Waals surface area contributed by atoms with Crippen molar-refractivity contribution in [1.29, 1.82) is 0 Å². The van der Waals surface area contributed by atoms with Gasteiger partial charge in [0, 0.05) is 16.7 Å². The number of halogens is 2. The topological polar surface area (TPSA) is 89.3 Å². The Bertz CT molecular complexity index is 1090. The second-order valence-corrected chi connectivity index (χ2v) is 8.32. The highest BCUT2D eigenvalue weighted by molar-refractivity contribution is 9.10. The first-order valence-electron chi connectivity index (χ1n) is 8.72. The molecule has 1 aromatic heterocycles. The van der Waals surface area contributed by atoms with E-state index in [2.05, 4.69) is 38.0 Å². The SMILES string of the molecule is C=CCn1c(SCC(=O)Nc2ccc(OC)c(Cl)c2)nnc1-c1cc(Br)ccc1O. The summed E-state index contributed by atoms with van der Waals surface area (Å²) >= 11 is 10.7. The van der Waals surface area contributed by atoms with Crippen LogP contribution in [0.5, 0.6) is 11.5 Å². The number of nitrogens with one attached hydrogen (secondary N) is 1. The van der Waals surface area contributed by atoms with Crippen LogP contribution in [0.2, 0.25) is 5.02 Å². The molecule has 0 fully saturated rings. The lowest BCUT2D eigenvalue weighted by Crippen LogP contribution is -2.14. The Morgan fingerprint density at radius 1 is 1.37 bits per heavy atom. The lowest BCUT2D eigenvalue weighted by Gasteiger charge is -2.10. The Labute approximate surface area is 191 Å². The highest BCUT2D eigenvalue weighted by atomic mass is 79.9. The number of rotatable bonds is 8. The van der Waals surface area contributed by atoms with Gasteiger partial charge in [0.25, 0.3) is 0 Å². The molecule has 7 nitrogen and oxygen atoms in total. The number of thioether (sulfide) groups is 1. The van der Waals surface area contributed by atoms with E-state index in [1.165, 1.54) is 18.9 Å². The van der Waals surface area contributed by atoms with Crippen LogP contribution in [0, 0.1) is 0 Å². The number of anilines is 1. The number of aromatic hydroxyl groups is 1. The molecule has 0 atom stereocenters. The van der Waals surface area contributed by atoms with Crippen LogP contribution in [0.4, 0.5) is 5.69 Å². The Kier molecular flexibility index (Phi) is 7.41. The van der Waals surface area contributed by atoms with E-state index in [9.17, 15) is 9.90 Å². The minimum Gasteiger partial charge on any atom is -0.507 e. The van der Waals surface area contributed by atoms with Gasteiger partial charge in [-0.25, -0.2) is 0 Å². The Balaban J connectivity index is 1.74. The second-order valence-electron chi connectivity index (χ2n) is 6.05. The maximum Gasteiger partial charge on any atom is 0.234 e. The number of phenols is 1. The standard InChI is InChI=1S/C20H18BrClN4O3S/c1-3-8-26-19(14-9-12(21)4-6-16(14)27)24-25-20(26)30-11-18(28)23-13-5-7-17(29-2)15(22)10-13/h3-7,9-10,27H,1,8,11H2,2H3,(H,23,28). The van der Waals surface area contributed by atoms with Gasteiger partial charge in [-0.1, -0.05) is 45.4 Å². The summed E-state index contributed by atoms with van der Waals surface area (Å²) in [6, 6.07) is 10.1. The maximum absolute atomic E-state index is 12.4. The molecule has 2 N–H and O–H groups in total. The maximum atomic E-state index is 12.4. The summed E-state index contributed by atoms with van der Waals surface area (Å²) < 4.78 is 7.69. The summed E-state index contributed by atoms with van der Waals surface area (Å²) in [7, 11) is 1.53. The van der Waals surface area contributed by atoms with Crippen molar-refractivity contribution < 1.29 is 14.6 Å². The number of amides is 1. The summed E-state index contributed by atoms with van der Waals surface area (Å²) in [6.45, 7) is 4.19. The van der Waals surface area contributed by atoms with E-state index in [1.807, 2.05) is 0 Å². The van der Waals surface area contributed by atoms with Crippen LogP contribution in [-0.2, 0) is 11.3 Å². The van der Waals surface area contributed by atoms with E-state index in [1.54, 1.807) is 47.0 Å². The number of aromatic nitrogens is 3. The van der Waals surface area contributed by atoms with Crippen LogP contribution >= 0.6 is 39.3 Å². The van der Waals surface area contributed by atoms with Crippen molar-refractivity contribution >= 4 is 50.9 Å². The number of carbonyl (C=O) groups excluding carboxylic acids is 1. The van der Waals surface area contributed by atoms with Crippen LogP contribution in [0.1, 0.15) is 0 Å². The molecule has 3 aromatic rings. The molecule has 0 saturated carbocycles. The number of hydrogen-bond acceptors (Lipinski definition) is 6. The average Bonchev–Trinajstić information content (AvgIpc) is 3.11. The lowest BCUT2D eigenvalue weighted by molar-refractivity contribution is -0.113. The number of hydrogen-bond donors (Lipinski definition) is 2. The predicted molar refractivity (Wildman–Crippen MR) is 122 cm³/mol. The third-order valence-electron chi connectivity index (χ3n) is 4.00. The second kappa shape index (κ2) is 10.0. The summed E-state index contributed by atoms with van der Waals surface area (Å²) in [5.74, 6) is 0.995. The zero-order valence-corrected chi connectivity index (χ0v) is 19.1. The van der Waals surface area contributed by atoms with Gasteiger partial charge in [0.15, 0.2) is 11.0 Å². The van der Waals surface area contributed by atoms with Crippen LogP contribution in [0.3, 0.4) is 0 Å². The molecule has 0 aliphatic carbocycles. The summed E-state index contributed by atoms with van der Waals surface area (Å²) in [6.07, 6.45) is 1.70. The summed E-state index contributed by atoms with van der Waals surface area (Å²) in [5.41, 5.74) is 1.10. The first kappa shape index (κ1) is 22.2. The first-order chi connectivity index (χ1) is 14.4. The largest absolute Gasteiger partial charge is 0.507 e. The van der Waals surface area contributed by atoms with Gasteiger partial charge in [-0.2, -0.15) is 0 Å². The van der Waals surface area contributed by atoms with Gasteiger partial charge < -0.3 is 15.2 Å². The van der Waals surface area contributed by atoms with Gasteiger partial charge >= 0.3 is 0 Å². The van der Waals surface area contributed by atoms with Crippen molar-refractivity contribution in [3.8, 4) is 22.9 Å². The fourth-order valence-corrected chi connectivity index (χ4v) is 4.01. The number of allylic oxidation sites excluding steroid dienone is 1. The van der Waals surface area contributed by atoms with Gasteiger partial charge in [0.2, 0.25) is 5.91 Å². The van der Waals surface area contributed by atoms with Gasteiger partial charge in [-0.3, -0.25) is 9.36 Å². The predicted octanol–water partition coefficient (Wildman–Crippen LogP) is 4.99. The molecule has 0 spiro atoms. The highest BCUT2D eigenvalue weighted by Crippen LogP contribution is 2.33.